The molecule has 0 atom stereocenters. The number of carbonyl (C=O) groups excluding carboxylic acids is 2. The number of hydrogen-bond acceptors (Lipinski definition) is 4. The molecule has 1 N–H and O–H groups in total. The number of carbonyl (C=O) groups is 2. The van der Waals surface area contributed by atoms with Crippen LogP contribution in [0.4, 0.5) is 5.69 Å². The molecule has 0 aromatic heterocycles. The second-order valence-electron chi connectivity index (χ2n) is 6.86. The van der Waals surface area contributed by atoms with E-state index in [1.165, 1.54) is 11.0 Å². The van der Waals surface area contributed by atoms with E-state index in [0.29, 0.717) is 11.6 Å². The molecule has 1 saturated heterocycles. The summed E-state index contributed by atoms with van der Waals surface area (Å²) >= 11 is 5.23. The molecular formula is C23H22N2O3S. The normalized spacial score (nSPS) is 16.1. The first-order chi connectivity index (χ1) is 13.9. The molecule has 1 heterocycles. The monoisotopic (exact) mass is 406 g/mol. The summed E-state index contributed by atoms with van der Waals surface area (Å²) in [6.45, 7) is 4.20. The Morgan fingerprint density at radius 1 is 1.03 bits per heavy atom. The Kier molecular flexibility index (Phi) is 6.24. The number of methoxy groups -OCH3 is 1. The SMILES string of the molecule is COc1ccc(/C=C/C=C2\C(=O)NC(=S)N(c3ccc(C(C)C)cc3)C2=O)cc1. The van der Waals surface area contributed by atoms with Gasteiger partial charge in [0.15, 0.2) is 5.11 Å². The second kappa shape index (κ2) is 8.84. The third-order valence-electron chi connectivity index (χ3n) is 4.59. The molecule has 5 nitrogen and oxygen atoms in total. The summed E-state index contributed by atoms with van der Waals surface area (Å²) in [6, 6.07) is 15.0. The topological polar surface area (TPSA) is 58.6 Å². The Labute approximate surface area is 175 Å². The van der Waals surface area contributed by atoms with Gasteiger partial charge in [0.1, 0.15) is 11.3 Å². The van der Waals surface area contributed by atoms with Crippen LogP contribution in [0.1, 0.15) is 30.9 Å². The van der Waals surface area contributed by atoms with Crippen LogP contribution in [0, 0.1) is 0 Å². The highest BCUT2D eigenvalue weighted by Gasteiger charge is 2.34. The van der Waals surface area contributed by atoms with E-state index in [4.69, 9.17) is 17.0 Å². The molecule has 3 rings (SSSR count). The highest BCUT2D eigenvalue weighted by Crippen LogP contribution is 2.24. The molecule has 2 amide bonds. The Hall–Kier alpha value is -3.25. The maximum atomic E-state index is 13.0. The maximum absolute atomic E-state index is 13.0. The minimum absolute atomic E-state index is 0.0243. The van der Waals surface area contributed by atoms with E-state index in [2.05, 4.69) is 19.2 Å². The van der Waals surface area contributed by atoms with Crippen LogP contribution in [-0.4, -0.2) is 24.0 Å². The van der Waals surface area contributed by atoms with E-state index in [1.807, 2.05) is 54.6 Å². The van der Waals surface area contributed by atoms with Crippen LogP contribution in [0.3, 0.4) is 0 Å². The van der Waals surface area contributed by atoms with Crippen molar-refractivity contribution < 1.29 is 14.3 Å². The first-order valence-electron chi connectivity index (χ1n) is 9.23. The molecule has 2 aromatic rings. The van der Waals surface area contributed by atoms with Crippen molar-refractivity contribution in [2.45, 2.75) is 19.8 Å². The van der Waals surface area contributed by atoms with Crippen molar-refractivity contribution in [1.82, 2.24) is 5.32 Å². The molecule has 0 aliphatic carbocycles. The summed E-state index contributed by atoms with van der Waals surface area (Å²) in [4.78, 5) is 26.6. The summed E-state index contributed by atoms with van der Waals surface area (Å²) in [6.07, 6.45) is 4.98. The molecule has 0 saturated carbocycles. The van der Waals surface area contributed by atoms with Gasteiger partial charge in [-0.3, -0.25) is 19.8 Å². The Morgan fingerprint density at radius 3 is 2.28 bits per heavy atom. The van der Waals surface area contributed by atoms with Crippen LogP contribution < -0.4 is 15.0 Å². The fraction of sp³-hybridized carbons (Fsp3) is 0.174. The first kappa shape index (κ1) is 20.5. The summed E-state index contributed by atoms with van der Waals surface area (Å²) in [7, 11) is 1.61. The molecule has 1 fully saturated rings. The van der Waals surface area contributed by atoms with Crippen LogP contribution in [0.5, 0.6) is 5.75 Å². The zero-order valence-electron chi connectivity index (χ0n) is 16.5. The van der Waals surface area contributed by atoms with Gasteiger partial charge in [-0.2, -0.15) is 0 Å². The van der Waals surface area contributed by atoms with Crippen LogP contribution in [0.2, 0.25) is 0 Å². The molecule has 1 aliphatic rings. The quantitative estimate of drug-likeness (QED) is 0.459. The number of hydrogen-bond donors (Lipinski definition) is 1. The van der Waals surface area contributed by atoms with Crippen LogP contribution in [0.15, 0.2) is 66.3 Å². The summed E-state index contributed by atoms with van der Waals surface area (Å²) in [5.41, 5.74) is 2.72. The Morgan fingerprint density at radius 2 is 1.69 bits per heavy atom. The van der Waals surface area contributed by atoms with Gasteiger partial charge in [0.2, 0.25) is 0 Å². The zero-order valence-corrected chi connectivity index (χ0v) is 17.3. The smallest absolute Gasteiger partial charge is 0.270 e. The van der Waals surface area contributed by atoms with Crippen molar-refractivity contribution in [3.8, 4) is 5.75 Å². The minimum atomic E-state index is -0.505. The van der Waals surface area contributed by atoms with Gasteiger partial charge < -0.3 is 4.74 Å². The highest BCUT2D eigenvalue weighted by atomic mass is 32.1. The molecule has 0 bridgehead atoms. The lowest BCUT2D eigenvalue weighted by Crippen LogP contribution is -2.54. The van der Waals surface area contributed by atoms with Crippen molar-refractivity contribution >= 4 is 40.9 Å². The summed E-state index contributed by atoms with van der Waals surface area (Å²) in [5.74, 6) is 0.186. The fourth-order valence-corrected chi connectivity index (χ4v) is 3.17. The average molecular weight is 407 g/mol. The van der Waals surface area contributed by atoms with Gasteiger partial charge in [-0.15, -0.1) is 0 Å². The number of benzene rings is 2. The molecule has 29 heavy (non-hydrogen) atoms. The van der Waals surface area contributed by atoms with Gasteiger partial charge in [-0.25, -0.2) is 0 Å². The number of ether oxygens (including phenoxy) is 1. The lowest BCUT2D eigenvalue weighted by atomic mass is 10.0. The van der Waals surface area contributed by atoms with E-state index in [9.17, 15) is 9.59 Å². The number of allylic oxidation sites excluding steroid dienone is 2. The van der Waals surface area contributed by atoms with Gasteiger partial charge >= 0.3 is 0 Å². The predicted molar refractivity (Wildman–Crippen MR) is 119 cm³/mol. The van der Waals surface area contributed by atoms with Crippen LogP contribution in [0.25, 0.3) is 6.08 Å². The van der Waals surface area contributed by atoms with Crippen LogP contribution in [-0.2, 0) is 9.59 Å². The van der Waals surface area contributed by atoms with Crippen LogP contribution >= 0.6 is 12.2 Å². The molecule has 1 aliphatic heterocycles. The van der Waals surface area contributed by atoms with Crippen molar-refractivity contribution in [2.75, 3.05) is 12.0 Å². The van der Waals surface area contributed by atoms with Gasteiger partial charge in [-0.05, 0) is 59.6 Å². The fourth-order valence-electron chi connectivity index (χ4n) is 2.89. The van der Waals surface area contributed by atoms with E-state index in [1.54, 1.807) is 13.2 Å². The highest BCUT2D eigenvalue weighted by molar-refractivity contribution is 7.80. The van der Waals surface area contributed by atoms with Gasteiger partial charge in [0.05, 0.1) is 12.8 Å². The number of rotatable bonds is 5. The molecule has 0 radical (unpaired) electrons. The molecule has 0 unspecified atom stereocenters. The number of anilines is 1. The Balaban J connectivity index is 1.83. The van der Waals surface area contributed by atoms with E-state index in [-0.39, 0.29) is 10.7 Å². The number of amides is 2. The standard InChI is InChI=1S/C23H22N2O3S/c1-15(2)17-9-11-18(12-10-17)25-22(27)20(21(26)24-23(25)29)6-4-5-16-7-13-19(28-3)14-8-16/h4-15H,1-3H3,(H,24,26,29)/b5-4+,20-6+. The number of thiocarbonyl (C=S) groups is 1. The largest absolute Gasteiger partial charge is 0.497 e. The molecule has 6 heteroatoms. The van der Waals surface area contributed by atoms with E-state index < -0.39 is 11.8 Å². The third-order valence-corrected chi connectivity index (χ3v) is 4.87. The average Bonchev–Trinajstić information content (AvgIpc) is 2.71. The summed E-state index contributed by atoms with van der Waals surface area (Å²) in [5, 5.41) is 2.67. The minimum Gasteiger partial charge on any atom is -0.497 e. The van der Waals surface area contributed by atoms with Crippen molar-refractivity contribution in [2.24, 2.45) is 0 Å². The van der Waals surface area contributed by atoms with Gasteiger partial charge in [0, 0.05) is 0 Å². The van der Waals surface area contributed by atoms with Crippen molar-refractivity contribution in [3.63, 3.8) is 0 Å². The predicted octanol–water partition coefficient (Wildman–Crippen LogP) is 4.21. The molecular weight excluding hydrogens is 384 g/mol. The summed E-state index contributed by atoms with van der Waals surface area (Å²) < 4.78 is 5.13. The van der Waals surface area contributed by atoms with E-state index in [0.717, 1.165) is 16.9 Å². The van der Waals surface area contributed by atoms with Gasteiger partial charge in [-0.1, -0.05) is 50.3 Å². The van der Waals surface area contributed by atoms with E-state index >= 15 is 0 Å². The number of nitrogens with one attached hydrogen (secondary N) is 1. The maximum Gasteiger partial charge on any atom is 0.270 e. The third kappa shape index (κ3) is 4.60. The lowest BCUT2D eigenvalue weighted by molar-refractivity contribution is -0.122. The number of nitrogens with zero attached hydrogens (tertiary/aromatic N) is 1. The zero-order chi connectivity index (χ0) is 21.0. The molecule has 148 valence electrons. The Bertz CT molecular complexity index is 990. The molecule has 2 aromatic carbocycles. The van der Waals surface area contributed by atoms with Crippen molar-refractivity contribution in [3.05, 3.63) is 77.4 Å². The first-order valence-corrected chi connectivity index (χ1v) is 9.63. The second-order valence-corrected chi connectivity index (χ2v) is 7.25. The van der Waals surface area contributed by atoms with Crippen molar-refractivity contribution in [1.29, 1.82) is 0 Å². The lowest BCUT2D eigenvalue weighted by Gasteiger charge is -2.29. The molecule has 0 spiro atoms. The van der Waals surface area contributed by atoms with Gasteiger partial charge in [0.25, 0.3) is 11.8 Å².